The second kappa shape index (κ2) is 9.18. The fourth-order valence-electron chi connectivity index (χ4n) is 4.39. The molecule has 1 N–H and O–H groups in total. The Hall–Kier alpha value is -3.74. The van der Waals surface area contributed by atoms with Crippen LogP contribution in [0.1, 0.15) is 43.2 Å². The van der Waals surface area contributed by atoms with Crippen molar-refractivity contribution in [2.24, 2.45) is 0 Å². The summed E-state index contributed by atoms with van der Waals surface area (Å²) in [6, 6.07) is 15.8. The Morgan fingerprint density at radius 1 is 1.16 bits per heavy atom. The molecule has 1 heterocycles. The number of hydrogen-bond acceptors (Lipinski definition) is 6. The fraction of sp³-hybridized carbons (Fsp3) is 0.280. The Labute approximate surface area is 185 Å². The average Bonchev–Trinajstić information content (AvgIpc) is 2.79. The number of ether oxygens (including phenoxy) is 1. The molecule has 1 atom stereocenters. The zero-order valence-electron chi connectivity index (χ0n) is 17.8. The molecule has 0 unspecified atom stereocenters. The molecule has 2 aromatic carbocycles. The number of nitro groups is 1. The number of esters is 1. The third-order valence-electron chi connectivity index (χ3n) is 5.88. The highest BCUT2D eigenvalue weighted by Gasteiger charge is 2.39. The van der Waals surface area contributed by atoms with Crippen LogP contribution in [-0.2, 0) is 20.7 Å². The molecule has 0 amide bonds. The number of carbonyl (C=O) groups excluding carboxylic acids is 2. The molecule has 0 radical (unpaired) electrons. The third-order valence-corrected chi connectivity index (χ3v) is 5.88. The summed E-state index contributed by atoms with van der Waals surface area (Å²) in [5, 5.41) is 14.6. The number of non-ortho nitro benzene ring substituents is 1. The monoisotopic (exact) mass is 432 g/mol. The summed E-state index contributed by atoms with van der Waals surface area (Å²) < 4.78 is 5.60. The molecule has 1 aliphatic carbocycles. The molecule has 7 nitrogen and oxygen atoms in total. The Bertz CT molecular complexity index is 1130. The van der Waals surface area contributed by atoms with Crippen LogP contribution in [0.25, 0.3) is 0 Å². The second-order valence-electron chi connectivity index (χ2n) is 7.99. The Morgan fingerprint density at radius 3 is 2.69 bits per heavy atom. The van der Waals surface area contributed by atoms with Gasteiger partial charge in [0.25, 0.3) is 5.69 Å². The molecule has 0 bridgehead atoms. The van der Waals surface area contributed by atoms with Crippen LogP contribution in [0.5, 0.6) is 0 Å². The van der Waals surface area contributed by atoms with Crippen LogP contribution in [0.2, 0.25) is 0 Å². The lowest BCUT2D eigenvalue weighted by atomic mass is 9.75. The van der Waals surface area contributed by atoms with Crippen LogP contribution < -0.4 is 5.32 Å². The lowest BCUT2D eigenvalue weighted by molar-refractivity contribution is -0.384. The van der Waals surface area contributed by atoms with E-state index in [0.29, 0.717) is 41.7 Å². The van der Waals surface area contributed by atoms with Crippen molar-refractivity contribution in [3.8, 4) is 0 Å². The summed E-state index contributed by atoms with van der Waals surface area (Å²) in [6.07, 6.45) is 2.39. The Morgan fingerprint density at radius 2 is 1.94 bits per heavy atom. The Balaban J connectivity index is 1.67. The van der Waals surface area contributed by atoms with Crippen LogP contribution in [0.15, 0.2) is 77.1 Å². The summed E-state index contributed by atoms with van der Waals surface area (Å²) in [6.45, 7) is 1.97. The number of carbonyl (C=O) groups is 2. The smallest absolute Gasteiger partial charge is 0.336 e. The van der Waals surface area contributed by atoms with E-state index in [4.69, 9.17) is 4.74 Å². The van der Waals surface area contributed by atoms with Gasteiger partial charge in [0.2, 0.25) is 0 Å². The minimum absolute atomic E-state index is 0.0441. The Kier molecular flexibility index (Phi) is 6.16. The molecule has 0 aromatic heterocycles. The van der Waals surface area contributed by atoms with E-state index < -0.39 is 16.8 Å². The minimum atomic E-state index is -0.692. The van der Waals surface area contributed by atoms with E-state index in [-0.39, 0.29) is 18.1 Å². The predicted octanol–water partition coefficient (Wildman–Crippen LogP) is 4.35. The number of nitrogens with one attached hydrogen (secondary N) is 1. The summed E-state index contributed by atoms with van der Waals surface area (Å²) in [5.74, 6) is -1.26. The van der Waals surface area contributed by atoms with Crippen LogP contribution in [0, 0.1) is 10.1 Å². The number of hydrogen-bond donors (Lipinski definition) is 1. The first kappa shape index (κ1) is 21.5. The number of ketones is 1. The number of nitrogens with zero attached hydrogens (tertiary/aromatic N) is 1. The van der Waals surface area contributed by atoms with Crippen molar-refractivity contribution in [2.75, 3.05) is 6.61 Å². The van der Waals surface area contributed by atoms with Gasteiger partial charge in [0.15, 0.2) is 5.78 Å². The van der Waals surface area contributed by atoms with Gasteiger partial charge in [-0.25, -0.2) is 4.79 Å². The van der Waals surface area contributed by atoms with E-state index in [1.54, 1.807) is 19.1 Å². The van der Waals surface area contributed by atoms with Crippen molar-refractivity contribution in [2.45, 2.75) is 38.5 Å². The summed E-state index contributed by atoms with van der Waals surface area (Å²) in [4.78, 5) is 37.0. The highest BCUT2D eigenvalue weighted by atomic mass is 16.6. The summed E-state index contributed by atoms with van der Waals surface area (Å²) in [7, 11) is 0. The third kappa shape index (κ3) is 4.32. The minimum Gasteiger partial charge on any atom is -0.462 e. The predicted molar refractivity (Wildman–Crippen MR) is 119 cm³/mol. The van der Waals surface area contributed by atoms with Crippen LogP contribution in [0.4, 0.5) is 5.69 Å². The van der Waals surface area contributed by atoms with E-state index in [0.717, 1.165) is 17.7 Å². The van der Waals surface area contributed by atoms with Gasteiger partial charge in [0.05, 0.1) is 17.1 Å². The molecule has 32 heavy (non-hydrogen) atoms. The topological polar surface area (TPSA) is 98.5 Å². The molecule has 0 saturated heterocycles. The molecule has 0 fully saturated rings. The highest BCUT2D eigenvalue weighted by molar-refractivity contribution is 6.03. The first-order valence-electron chi connectivity index (χ1n) is 10.6. The van der Waals surface area contributed by atoms with Gasteiger partial charge in [-0.05, 0) is 30.9 Å². The number of benzene rings is 2. The number of Topliss-reactive ketones (excluding diaryl/α,β-unsaturated/α-hetero) is 1. The maximum Gasteiger partial charge on any atom is 0.336 e. The van der Waals surface area contributed by atoms with Gasteiger partial charge in [0.1, 0.15) is 0 Å². The summed E-state index contributed by atoms with van der Waals surface area (Å²) in [5.41, 5.74) is 3.75. The van der Waals surface area contributed by atoms with Gasteiger partial charge in [-0.3, -0.25) is 14.9 Å². The second-order valence-corrected chi connectivity index (χ2v) is 7.99. The van der Waals surface area contributed by atoms with Crippen molar-refractivity contribution in [1.82, 2.24) is 5.32 Å². The SMILES string of the molecule is CC1=C(C(=O)OCCc2ccccc2)[C@H](c2cccc([N+](=O)[O-])c2)C2=C(CCCC2=O)N1. The van der Waals surface area contributed by atoms with Crippen molar-refractivity contribution < 1.29 is 19.2 Å². The van der Waals surface area contributed by atoms with E-state index in [1.165, 1.54) is 12.1 Å². The molecular formula is C25H24N2O5. The number of allylic oxidation sites excluding steroid dienone is 3. The fourth-order valence-corrected chi connectivity index (χ4v) is 4.39. The van der Waals surface area contributed by atoms with Gasteiger partial charge in [-0.15, -0.1) is 0 Å². The molecule has 2 aliphatic rings. The van der Waals surface area contributed by atoms with E-state index in [9.17, 15) is 19.7 Å². The maximum atomic E-state index is 13.2. The molecule has 164 valence electrons. The van der Waals surface area contributed by atoms with Gasteiger partial charge in [-0.1, -0.05) is 42.5 Å². The average molecular weight is 432 g/mol. The highest BCUT2D eigenvalue weighted by Crippen LogP contribution is 2.43. The van der Waals surface area contributed by atoms with Crippen molar-refractivity contribution in [3.05, 3.63) is 98.4 Å². The molecule has 0 spiro atoms. The van der Waals surface area contributed by atoms with Gasteiger partial charge >= 0.3 is 5.97 Å². The molecular weight excluding hydrogens is 408 g/mol. The first-order valence-corrected chi connectivity index (χ1v) is 10.6. The van der Waals surface area contributed by atoms with E-state index in [1.807, 2.05) is 30.3 Å². The molecule has 0 saturated carbocycles. The number of dihydropyridines is 1. The molecule has 1 aliphatic heterocycles. The van der Waals surface area contributed by atoms with Gasteiger partial charge in [-0.2, -0.15) is 0 Å². The maximum absolute atomic E-state index is 13.2. The van der Waals surface area contributed by atoms with Crippen molar-refractivity contribution >= 4 is 17.4 Å². The van der Waals surface area contributed by atoms with Gasteiger partial charge in [0, 0.05) is 47.9 Å². The zero-order chi connectivity index (χ0) is 22.7. The van der Waals surface area contributed by atoms with E-state index in [2.05, 4.69) is 5.32 Å². The van der Waals surface area contributed by atoms with Crippen LogP contribution in [0.3, 0.4) is 0 Å². The van der Waals surface area contributed by atoms with Crippen molar-refractivity contribution in [3.63, 3.8) is 0 Å². The van der Waals surface area contributed by atoms with Gasteiger partial charge < -0.3 is 10.1 Å². The number of rotatable bonds is 6. The van der Waals surface area contributed by atoms with E-state index >= 15 is 0 Å². The molecule has 7 heteroatoms. The summed E-state index contributed by atoms with van der Waals surface area (Å²) >= 11 is 0. The largest absolute Gasteiger partial charge is 0.462 e. The standard InChI is InChI=1S/C25H24N2O5/c1-16-22(25(29)32-14-13-17-7-3-2-4-8-17)23(18-9-5-10-19(15-18)27(30)31)24-20(26-16)11-6-12-21(24)28/h2-5,7-10,15,23,26H,6,11-14H2,1H3/t23-/m0/s1. The first-order chi connectivity index (χ1) is 15.5. The normalized spacial score (nSPS) is 18.2. The molecule has 2 aromatic rings. The lowest BCUT2D eigenvalue weighted by Crippen LogP contribution is -2.34. The quantitative estimate of drug-likeness (QED) is 0.414. The molecule has 4 rings (SSSR count). The zero-order valence-corrected chi connectivity index (χ0v) is 17.8. The van der Waals surface area contributed by atoms with Crippen molar-refractivity contribution in [1.29, 1.82) is 0 Å². The van der Waals surface area contributed by atoms with Crippen LogP contribution in [-0.4, -0.2) is 23.3 Å². The number of nitro benzene ring substituents is 1. The van der Waals surface area contributed by atoms with Crippen LogP contribution >= 0.6 is 0 Å². The lowest BCUT2D eigenvalue weighted by Gasteiger charge is -2.34.